The number of nitrogens with zero attached hydrogens (tertiary/aromatic N) is 1. The van der Waals surface area contributed by atoms with E-state index in [1.165, 1.54) is 18.4 Å². The van der Waals surface area contributed by atoms with Gasteiger partial charge in [-0.15, -0.1) is 11.3 Å². The lowest BCUT2D eigenvalue weighted by Gasteiger charge is -2.33. The van der Waals surface area contributed by atoms with Crippen LogP contribution in [-0.4, -0.2) is 43.0 Å². The molecule has 0 bridgehead atoms. The molecule has 0 atom stereocenters. The maximum absolute atomic E-state index is 12.5. The summed E-state index contributed by atoms with van der Waals surface area (Å²) in [7, 11) is 1.38. The number of carbonyl (C=O) groups excluding carboxylic acids is 3. The number of benzene rings is 1. The SMILES string of the molecule is COC(=O)C(C)(C)CN1CCc2c(sc(NC(=O)Nc3ccc(Cl)cc3)c2C(N)=O)C1. The van der Waals surface area contributed by atoms with Crippen molar-refractivity contribution in [1.29, 1.82) is 0 Å². The fraction of sp³-hybridized carbons (Fsp3) is 0.381. The minimum atomic E-state index is -0.657. The summed E-state index contributed by atoms with van der Waals surface area (Å²) in [4.78, 5) is 39.7. The number of rotatable bonds is 6. The predicted molar refractivity (Wildman–Crippen MR) is 122 cm³/mol. The van der Waals surface area contributed by atoms with Gasteiger partial charge in [-0.05, 0) is 50.1 Å². The molecule has 0 unspecified atom stereocenters. The summed E-state index contributed by atoms with van der Waals surface area (Å²) in [6.45, 7) is 5.42. The minimum absolute atomic E-state index is 0.275. The number of hydrogen-bond donors (Lipinski definition) is 3. The van der Waals surface area contributed by atoms with E-state index in [4.69, 9.17) is 22.1 Å². The summed E-state index contributed by atoms with van der Waals surface area (Å²) in [5.74, 6) is -0.855. The highest BCUT2D eigenvalue weighted by atomic mass is 35.5. The zero-order chi connectivity index (χ0) is 22.8. The van der Waals surface area contributed by atoms with E-state index in [1.54, 1.807) is 24.3 Å². The Kier molecular flexibility index (Phi) is 6.88. The molecule has 0 saturated heterocycles. The average molecular weight is 465 g/mol. The van der Waals surface area contributed by atoms with Crippen LogP contribution in [0.2, 0.25) is 5.02 Å². The molecule has 3 amide bonds. The van der Waals surface area contributed by atoms with Gasteiger partial charge in [0.05, 0.1) is 18.1 Å². The third kappa shape index (κ3) is 5.36. The number of halogens is 1. The Balaban J connectivity index is 1.76. The standard InChI is InChI=1S/C21H25ClN4O4S/c1-21(2,19(28)30-3)11-26-9-8-14-15(10-26)31-18(16(14)17(23)27)25-20(29)24-13-6-4-12(22)5-7-13/h4-7H,8-11H2,1-3H3,(H2,23,27)(H2,24,25,29). The van der Waals surface area contributed by atoms with Gasteiger partial charge in [0.2, 0.25) is 0 Å². The maximum Gasteiger partial charge on any atom is 0.324 e. The van der Waals surface area contributed by atoms with Gasteiger partial charge in [-0.2, -0.15) is 0 Å². The van der Waals surface area contributed by atoms with Crippen LogP contribution in [0.3, 0.4) is 0 Å². The molecule has 0 saturated carbocycles. The number of esters is 1. The van der Waals surface area contributed by atoms with Crippen molar-refractivity contribution in [3.63, 3.8) is 0 Å². The molecular formula is C21H25ClN4O4S. The molecule has 8 nitrogen and oxygen atoms in total. The van der Waals surface area contributed by atoms with Crippen LogP contribution < -0.4 is 16.4 Å². The Morgan fingerprint density at radius 2 is 1.90 bits per heavy atom. The number of nitrogens with one attached hydrogen (secondary N) is 2. The van der Waals surface area contributed by atoms with E-state index in [1.807, 2.05) is 13.8 Å². The highest BCUT2D eigenvalue weighted by Crippen LogP contribution is 2.37. The molecule has 3 rings (SSSR count). The van der Waals surface area contributed by atoms with Crippen molar-refractivity contribution in [2.45, 2.75) is 26.8 Å². The molecule has 10 heteroatoms. The molecule has 1 aromatic heterocycles. The average Bonchev–Trinajstić information content (AvgIpc) is 3.05. The van der Waals surface area contributed by atoms with Crippen LogP contribution in [-0.2, 0) is 22.5 Å². The molecule has 0 spiro atoms. The van der Waals surface area contributed by atoms with E-state index < -0.39 is 17.4 Å². The largest absolute Gasteiger partial charge is 0.469 e. The molecule has 166 valence electrons. The molecule has 1 aromatic carbocycles. The van der Waals surface area contributed by atoms with Gasteiger partial charge in [-0.25, -0.2) is 4.79 Å². The number of hydrogen-bond acceptors (Lipinski definition) is 6. The van der Waals surface area contributed by atoms with Gasteiger partial charge in [0.1, 0.15) is 5.00 Å². The highest BCUT2D eigenvalue weighted by Gasteiger charge is 2.34. The summed E-state index contributed by atoms with van der Waals surface area (Å²) in [5, 5.41) is 6.43. The molecule has 0 aliphatic carbocycles. The third-order valence-corrected chi connectivity index (χ3v) is 6.45. The zero-order valence-corrected chi connectivity index (χ0v) is 19.2. The van der Waals surface area contributed by atoms with E-state index in [0.29, 0.717) is 47.3 Å². The van der Waals surface area contributed by atoms with Crippen molar-refractivity contribution >= 4 is 51.5 Å². The number of ether oxygens (including phenoxy) is 1. The second-order valence-electron chi connectivity index (χ2n) is 7.99. The lowest BCUT2D eigenvalue weighted by atomic mass is 9.91. The molecule has 1 aliphatic heterocycles. The van der Waals surface area contributed by atoms with Crippen molar-refractivity contribution < 1.29 is 19.1 Å². The fourth-order valence-electron chi connectivity index (χ4n) is 3.64. The second-order valence-corrected chi connectivity index (χ2v) is 9.54. The van der Waals surface area contributed by atoms with Gasteiger partial charge in [0.25, 0.3) is 5.91 Å². The molecule has 2 aromatic rings. The summed E-state index contributed by atoms with van der Waals surface area (Å²) in [6.07, 6.45) is 0.599. The quantitative estimate of drug-likeness (QED) is 0.564. The Morgan fingerprint density at radius 3 is 2.52 bits per heavy atom. The first kappa shape index (κ1) is 23.1. The van der Waals surface area contributed by atoms with Gasteiger partial charge in [-0.3, -0.25) is 19.8 Å². The second kappa shape index (κ2) is 9.25. The number of thiophene rings is 1. The number of nitrogens with two attached hydrogens (primary N) is 1. The van der Waals surface area contributed by atoms with Gasteiger partial charge >= 0.3 is 12.0 Å². The van der Waals surface area contributed by atoms with Gasteiger partial charge in [0.15, 0.2) is 0 Å². The molecule has 2 heterocycles. The smallest absolute Gasteiger partial charge is 0.324 e. The lowest BCUT2D eigenvalue weighted by molar-refractivity contribution is -0.151. The monoisotopic (exact) mass is 464 g/mol. The Hall–Kier alpha value is -2.62. The van der Waals surface area contributed by atoms with Gasteiger partial charge < -0.3 is 15.8 Å². The number of fused-ring (bicyclic) bond motifs is 1. The lowest BCUT2D eigenvalue weighted by Crippen LogP contribution is -2.42. The molecule has 0 radical (unpaired) electrons. The van der Waals surface area contributed by atoms with Crippen LogP contribution in [0, 0.1) is 5.41 Å². The predicted octanol–water partition coefficient (Wildman–Crippen LogP) is 3.70. The Morgan fingerprint density at radius 1 is 1.23 bits per heavy atom. The Bertz CT molecular complexity index is 1000. The van der Waals surface area contributed by atoms with Crippen LogP contribution in [0.4, 0.5) is 15.5 Å². The van der Waals surface area contributed by atoms with Crippen LogP contribution in [0.1, 0.15) is 34.6 Å². The van der Waals surface area contributed by atoms with E-state index in [0.717, 1.165) is 10.4 Å². The van der Waals surface area contributed by atoms with Crippen molar-refractivity contribution in [3.8, 4) is 0 Å². The van der Waals surface area contributed by atoms with Crippen LogP contribution >= 0.6 is 22.9 Å². The van der Waals surface area contributed by atoms with E-state index in [-0.39, 0.29) is 5.97 Å². The number of carbonyl (C=O) groups is 3. The van der Waals surface area contributed by atoms with Gasteiger partial charge in [0, 0.05) is 35.2 Å². The molecule has 31 heavy (non-hydrogen) atoms. The molecule has 1 aliphatic rings. The van der Waals surface area contributed by atoms with Gasteiger partial charge in [-0.1, -0.05) is 11.6 Å². The number of urea groups is 1. The first-order valence-corrected chi connectivity index (χ1v) is 10.9. The summed E-state index contributed by atoms with van der Waals surface area (Å²) >= 11 is 7.19. The van der Waals surface area contributed by atoms with E-state index in [9.17, 15) is 14.4 Å². The van der Waals surface area contributed by atoms with Crippen LogP contribution in [0.15, 0.2) is 24.3 Å². The number of primary amides is 1. The Labute approximate surface area is 189 Å². The normalized spacial score (nSPS) is 13.9. The maximum atomic E-state index is 12.5. The van der Waals surface area contributed by atoms with Crippen LogP contribution in [0.25, 0.3) is 0 Å². The molecule has 0 fully saturated rings. The fourth-order valence-corrected chi connectivity index (χ4v) is 5.06. The van der Waals surface area contributed by atoms with Crippen molar-refractivity contribution in [2.24, 2.45) is 11.1 Å². The van der Waals surface area contributed by atoms with Crippen LogP contribution in [0.5, 0.6) is 0 Å². The first-order valence-electron chi connectivity index (χ1n) is 9.69. The molecule has 4 N–H and O–H groups in total. The first-order chi connectivity index (χ1) is 14.6. The number of anilines is 2. The van der Waals surface area contributed by atoms with E-state index >= 15 is 0 Å². The third-order valence-electron chi connectivity index (χ3n) is 5.07. The van der Waals surface area contributed by atoms with Crippen molar-refractivity contribution in [1.82, 2.24) is 4.90 Å². The van der Waals surface area contributed by atoms with Crippen molar-refractivity contribution in [2.75, 3.05) is 30.8 Å². The summed E-state index contributed by atoms with van der Waals surface area (Å²) in [6, 6.07) is 6.21. The summed E-state index contributed by atoms with van der Waals surface area (Å²) in [5.41, 5.74) is 6.74. The summed E-state index contributed by atoms with van der Waals surface area (Å²) < 4.78 is 4.89. The number of amides is 3. The number of methoxy groups -OCH3 is 1. The highest BCUT2D eigenvalue weighted by molar-refractivity contribution is 7.17. The van der Waals surface area contributed by atoms with Crippen molar-refractivity contribution in [3.05, 3.63) is 45.3 Å². The van der Waals surface area contributed by atoms with E-state index in [2.05, 4.69) is 15.5 Å². The topological polar surface area (TPSA) is 114 Å². The molecular weight excluding hydrogens is 440 g/mol. The minimum Gasteiger partial charge on any atom is -0.469 e. The zero-order valence-electron chi connectivity index (χ0n) is 17.6.